The summed E-state index contributed by atoms with van der Waals surface area (Å²) < 4.78 is 2.07. The van der Waals surface area contributed by atoms with Crippen LogP contribution in [0.2, 0.25) is 0 Å². The average molecular weight is 508 g/mol. The molecular formula is C26H33N7O4. The van der Waals surface area contributed by atoms with Crippen molar-refractivity contribution < 1.29 is 19.6 Å². The first-order chi connectivity index (χ1) is 17.9. The van der Waals surface area contributed by atoms with Gasteiger partial charge in [-0.15, -0.1) is 0 Å². The lowest BCUT2D eigenvalue weighted by atomic mass is 10.2. The minimum absolute atomic E-state index is 0.0519. The third-order valence-electron chi connectivity index (χ3n) is 6.54. The molecule has 0 unspecified atom stereocenters. The fraction of sp³-hybridized carbons (Fsp3) is 0.423. The summed E-state index contributed by atoms with van der Waals surface area (Å²) in [6.45, 7) is 0.435. The van der Waals surface area contributed by atoms with Crippen molar-refractivity contribution in [3.63, 3.8) is 0 Å². The summed E-state index contributed by atoms with van der Waals surface area (Å²) in [7, 11) is 3.50. The van der Waals surface area contributed by atoms with E-state index in [1.807, 2.05) is 6.07 Å². The number of nitrogens with one attached hydrogen (secondary N) is 3. The quantitative estimate of drug-likeness (QED) is 0.187. The van der Waals surface area contributed by atoms with Gasteiger partial charge in [0.1, 0.15) is 11.3 Å². The first-order valence-corrected chi connectivity index (χ1v) is 12.5. The molecule has 0 bridgehead atoms. The highest BCUT2D eigenvalue weighted by Crippen LogP contribution is 2.35. The molecule has 11 nitrogen and oxygen atoms in total. The van der Waals surface area contributed by atoms with Crippen LogP contribution in [0.3, 0.4) is 0 Å². The van der Waals surface area contributed by atoms with Crippen molar-refractivity contribution >= 4 is 40.4 Å². The largest absolute Gasteiger partial charge is 0.352 e. The van der Waals surface area contributed by atoms with E-state index in [1.54, 1.807) is 54.9 Å². The highest BCUT2D eigenvalue weighted by molar-refractivity contribution is 5.98. The minimum atomic E-state index is -0.438. The van der Waals surface area contributed by atoms with E-state index in [0.717, 1.165) is 42.4 Å². The van der Waals surface area contributed by atoms with E-state index in [2.05, 4.69) is 20.2 Å². The Hall–Kier alpha value is -3.99. The molecule has 196 valence electrons. The highest BCUT2D eigenvalue weighted by Gasteiger charge is 2.26. The molecule has 2 aromatic heterocycles. The average Bonchev–Trinajstić information content (AvgIpc) is 3.55. The zero-order chi connectivity index (χ0) is 26.4. The molecule has 3 amide bonds. The molecule has 2 heterocycles. The van der Waals surface area contributed by atoms with Gasteiger partial charge in [-0.3, -0.25) is 19.6 Å². The predicted octanol–water partition coefficient (Wildman–Crippen LogP) is 3.40. The van der Waals surface area contributed by atoms with Gasteiger partial charge in [0.25, 0.3) is 11.8 Å². The van der Waals surface area contributed by atoms with Crippen LogP contribution >= 0.6 is 0 Å². The van der Waals surface area contributed by atoms with E-state index in [1.165, 1.54) is 0 Å². The lowest BCUT2D eigenvalue weighted by Crippen LogP contribution is -2.25. The number of anilines is 2. The molecule has 4 rings (SSSR count). The van der Waals surface area contributed by atoms with Gasteiger partial charge in [0.05, 0.1) is 0 Å². The van der Waals surface area contributed by atoms with E-state index in [-0.39, 0.29) is 24.3 Å². The number of nitrogens with zero attached hydrogens (tertiary/aromatic N) is 4. The Balaban J connectivity index is 1.44. The van der Waals surface area contributed by atoms with Crippen LogP contribution in [0.5, 0.6) is 0 Å². The van der Waals surface area contributed by atoms with Gasteiger partial charge in [-0.1, -0.05) is 12.8 Å². The molecule has 0 aliphatic heterocycles. The number of unbranched alkanes of at least 4 members (excludes halogenated alkanes) is 1. The van der Waals surface area contributed by atoms with E-state index < -0.39 is 5.91 Å². The fourth-order valence-electron chi connectivity index (χ4n) is 4.60. The Kier molecular flexibility index (Phi) is 8.34. The van der Waals surface area contributed by atoms with Gasteiger partial charge >= 0.3 is 0 Å². The summed E-state index contributed by atoms with van der Waals surface area (Å²) in [5.41, 5.74) is 4.20. The smallest absolute Gasteiger partial charge is 0.270 e. The van der Waals surface area contributed by atoms with Crippen LogP contribution in [0.4, 0.5) is 11.6 Å². The van der Waals surface area contributed by atoms with Crippen molar-refractivity contribution in [2.24, 2.45) is 0 Å². The number of rotatable bonds is 10. The molecule has 11 heteroatoms. The Morgan fingerprint density at radius 2 is 1.84 bits per heavy atom. The molecule has 0 saturated heterocycles. The normalized spacial score (nSPS) is 13.5. The molecule has 1 fully saturated rings. The summed E-state index contributed by atoms with van der Waals surface area (Å²) in [6.07, 6.45) is 7.44. The maximum Gasteiger partial charge on any atom is 0.270 e. The molecular weight excluding hydrogens is 474 g/mol. The Labute approximate surface area is 215 Å². The van der Waals surface area contributed by atoms with E-state index in [4.69, 9.17) is 10.2 Å². The second-order valence-corrected chi connectivity index (χ2v) is 9.46. The second kappa shape index (κ2) is 11.8. The number of benzene rings is 1. The topological polar surface area (TPSA) is 141 Å². The maximum absolute atomic E-state index is 12.9. The highest BCUT2D eigenvalue weighted by atomic mass is 16.5. The molecule has 0 radical (unpaired) electrons. The molecule has 1 aliphatic rings. The zero-order valence-corrected chi connectivity index (χ0v) is 21.2. The number of fused-ring (bicyclic) bond motifs is 1. The summed E-state index contributed by atoms with van der Waals surface area (Å²) >= 11 is 0. The standard InChI is InChI=1S/C26H33N7O4/c1-32(2)25(36)21-15-18-16-28-26(30-23(18)33(21)20-7-3-4-8-20)29-19-12-10-17(11-13-19)24(35)27-14-6-5-9-22(34)31-37/h10-13,15-16,20,37H,3-9,14H2,1-2H3,(H,27,35)(H,31,34)(H,28,29,30). The van der Waals surface area contributed by atoms with Crippen LogP contribution < -0.4 is 16.1 Å². The zero-order valence-electron chi connectivity index (χ0n) is 21.2. The van der Waals surface area contributed by atoms with Crippen molar-refractivity contribution in [2.45, 2.75) is 51.0 Å². The van der Waals surface area contributed by atoms with Gasteiger partial charge < -0.3 is 20.1 Å². The van der Waals surface area contributed by atoms with E-state index in [9.17, 15) is 14.4 Å². The fourth-order valence-corrected chi connectivity index (χ4v) is 4.60. The number of carbonyl (C=O) groups excluding carboxylic acids is 3. The van der Waals surface area contributed by atoms with Crippen molar-refractivity contribution in [1.82, 2.24) is 30.2 Å². The lowest BCUT2D eigenvalue weighted by molar-refractivity contribution is -0.129. The number of carbonyl (C=O) groups is 3. The summed E-state index contributed by atoms with van der Waals surface area (Å²) in [4.78, 5) is 47.0. The Morgan fingerprint density at radius 3 is 2.51 bits per heavy atom. The molecule has 0 atom stereocenters. The van der Waals surface area contributed by atoms with E-state index in [0.29, 0.717) is 36.6 Å². The van der Waals surface area contributed by atoms with E-state index >= 15 is 0 Å². The lowest BCUT2D eigenvalue weighted by Gasteiger charge is -2.19. The Morgan fingerprint density at radius 1 is 1.11 bits per heavy atom. The Bertz CT molecular complexity index is 1260. The molecule has 37 heavy (non-hydrogen) atoms. The van der Waals surface area contributed by atoms with Gasteiger partial charge in [0.15, 0.2) is 0 Å². The molecule has 1 aliphatic carbocycles. The number of aromatic nitrogens is 3. The SMILES string of the molecule is CN(C)C(=O)c1cc2cnc(Nc3ccc(C(=O)NCCCCC(=O)NO)cc3)nc2n1C1CCCC1. The minimum Gasteiger partial charge on any atom is -0.352 e. The van der Waals surface area contributed by atoms with Crippen molar-refractivity contribution in [1.29, 1.82) is 0 Å². The number of hydroxylamine groups is 1. The molecule has 1 aromatic carbocycles. The third kappa shape index (κ3) is 6.23. The second-order valence-electron chi connectivity index (χ2n) is 9.46. The molecule has 4 N–H and O–H groups in total. The van der Waals surface area contributed by atoms with Gasteiger partial charge in [0.2, 0.25) is 11.9 Å². The van der Waals surface area contributed by atoms with Crippen molar-refractivity contribution in [3.05, 3.63) is 47.8 Å². The number of amides is 3. The van der Waals surface area contributed by atoms with Gasteiger partial charge in [-0.05, 0) is 56.0 Å². The number of hydrogen-bond donors (Lipinski definition) is 4. The van der Waals surface area contributed by atoms with Crippen LogP contribution in [0.25, 0.3) is 11.0 Å². The number of hydrogen-bond acceptors (Lipinski definition) is 7. The van der Waals surface area contributed by atoms with Gasteiger partial charge in [-0.2, -0.15) is 4.98 Å². The van der Waals surface area contributed by atoms with Crippen LogP contribution in [0.15, 0.2) is 36.5 Å². The van der Waals surface area contributed by atoms with Crippen LogP contribution in [-0.4, -0.2) is 63.0 Å². The first-order valence-electron chi connectivity index (χ1n) is 12.5. The summed E-state index contributed by atoms with van der Waals surface area (Å²) in [6, 6.07) is 9.10. The van der Waals surface area contributed by atoms with Crippen LogP contribution in [-0.2, 0) is 4.79 Å². The molecule has 3 aromatic rings. The third-order valence-corrected chi connectivity index (χ3v) is 6.54. The van der Waals surface area contributed by atoms with Gasteiger partial charge in [-0.25, -0.2) is 10.5 Å². The predicted molar refractivity (Wildman–Crippen MR) is 139 cm³/mol. The monoisotopic (exact) mass is 507 g/mol. The van der Waals surface area contributed by atoms with Crippen LogP contribution in [0.1, 0.15) is 71.8 Å². The van der Waals surface area contributed by atoms with Gasteiger partial charge in [0, 0.05) is 55.9 Å². The van der Waals surface area contributed by atoms with Crippen molar-refractivity contribution in [2.75, 3.05) is 26.0 Å². The molecule has 0 spiro atoms. The maximum atomic E-state index is 12.9. The first kappa shape index (κ1) is 26.1. The molecule has 1 saturated carbocycles. The summed E-state index contributed by atoms with van der Waals surface area (Å²) in [5, 5.41) is 15.3. The van der Waals surface area contributed by atoms with Crippen molar-refractivity contribution in [3.8, 4) is 0 Å². The summed E-state index contributed by atoms with van der Waals surface area (Å²) in [5.74, 6) is -0.281. The van der Waals surface area contributed by atoms with Crippen LogP contribution in [0, 0.1) is 0 Å².